The van der Waals surface area contributed by atoms with Crippen molar-refractivity contribution in [1.82, 2.24) is 0 Å². The average molecular weight is 709 g/mol. The molecular weight excluding hydrogens is 672 g/mol. The SMILES string of the molecule is CC(C)=CC[C@@]12Oc3cc(O)c([C@@H]4C=C(C)C[C@H](c5ccc(O)cc5O)[C@H]4C(=O)c4ccc(O)cc4O)c(O)c3C(=O)[C@@]1(O)Oc1cc(O)ccc12. The maximum absolute atomic E-state index is 14.6. The third kappa shape index (κ3) is 5.09. The van der Waals surface area contributed by atoms with Crippen molar-refractivity contribution in [3.8, 4) is 51.7 Å². The molecule has 12 nitrogen and oxygen atoms in total. The van der Waals surface area contributed by atoms with E-state index in [9.17, 15) is 50.4 Å². The van der Waals surface area contributed by atoms with Crippen LogP contribution >= 0.6 is 0 Å². The predicted octanol–water partition coefficient (Wildman–Crippen LogP) is 6.25. The van der Waals surface area contributed by atoms with Crippen LogP contribution in [0.4, 0.5) is 0 Å². The summed E-state index contributed by atoms with van der Waals surface area (Å²) in [7, 11) is 0. The van der Waals surface area contributed by atoms with Gasteiger partial charge in [-0.3, -0.25) is 9.59 Å². The van der Waals surface area contributed by atoms with Crippen LogP contribution in [-0.4, -0.2) is 58.2 Å². The lowest BCUT2D eigenvalue weighted by Crippen LogP contribution is -2.62. The number of ketones is 2. The zero-order valence-corrected chi connectivity index (χ0v) is 28.3. The molecule has 5 atom stereocenters. The number of fused-ring (bicyclic) bond motifs is 4. The summed E-state index contributed by atoms with van der Waals surface area (Å²) in [5, 5.41) is 87.8. The smallest absolute Gasteiger partial charge is 0.318 e. The van der Waals surface area contributed by atoms with Crippen molar-refractivity contribution in [2.75, 3.05) is 0 Å². The molecule has 0 amide bonds. The minimum Gasteiger partial charge on any atom is -0.508 e. The average Bonchev–Trinajstić information content (AvgIpc) is 3.30. The van der Waals surface area contributed by atoms with Gasteiger partial charge < -0.3 is 50.3 Å². The second-order valence-corrected chi connectivity index (χ2v) is 13.9. The van der Waals surface area contributed by atoms with Gasteiger partial charge in [-0.15, -0.1) is 0 Å². The summed E-state index contributed by atoms with van der Waals surface area (Å²) in [6.45, 7) is 5.37. The van der Waals surface area contributed by atoms with Gasteiger partial charge in [-0.1, -0.05) is 29.4 Å². The zero-order valence-electron chi connectivity index (χ0n) is 28.3. The Bertz CT molecular complexity index is 2250. The number of aliphatic hydroxyl groups is 1. The summed E-state index contributed by atoms with van der Waals surface area (Å²) in [5.41, 5.74) is -0.891. The number of benzene rings is 4. The fourth-order valence-electron chi connectivity index (χ4n) is 7.85. The third-order valence-electron chi connectivity index (χ3n) is 10.2. The molecule has 0 saturated heterocycles. The van der Waals surface area contributed by atoms with E-state index in [4.69, 9.17) is 9.47 Å². The van der Waals surface area contributed by atoms with E-state index in [2.05, 4.69) is 0 Å². The summed E-state index contributed by atoms with van der Waals surface area (Å²) in [5.74, 6) is -11.1. The molecule has 0 spiro atoms. The van der Waals surface area contributed by atoms with Gasteiger partial charge in [-0.05, 0) is 63.1 Å². The molecule has 0 aromatic heterocycles. The number of Topliss-reactive ketones (excluding diaryl/α,β-unsaturated/α-hetero) is 2. The van der Waals surface area contributed by atoms with Crippen LogP contribution in [0.3, 0.4) is 0 Å². The first-order valence-corrected chi connectivity index (χ1v) is 16.5. The molecule has 52 heavy (non-hydrogen) atoms. The normalized spacial score (nSPS) is 24.4. The van der Waals surface area contributed by atoms with E-state index in [1.165, 1.54) is 42.5 Å². The maximum atomic E-state index is 14.6. The van der Waals surface area contributed by atoms with Crippen molar-refractivity contribution in [3.63, 3.8) is 0 Å². The first-order valence-electron chi connectivity index (χ1n) is 16.5. The topological polar surface area (TPSA) is 214 Å². The fourth-order valence-corrected chi connectivity index (χ4v) is 7.85. The molecule has 4 aromatic carbocycles. The van der Waals surface area contributed by atoms with Crippen LogP contribution in [0.25, 0.3) is 0 Å². The van der Waals surface area contributed by atoms with Gasteiger partial charge in [0.25, 0.3) is 0 Å². The predicted molar refractivity (Wildman–Crippen MR) is 185 cm³/mol. The Hall–Kier alpha value is -6.14. The molecule has 8 N–H and O–H groups in total. The number of hydrogen-bond acceptors (Lipinski definition) is 12. The van der Waals surface area contributed by atoms with Crippen LogP contribution in [0.15, 0.2) is 84.0 Å². The van der Waals surface area contributed by atoms with Crippen LogP contribution in [0.5, 0.6) is 51.7 Å². The Kier molecular flexibility index (Phi) is 7.91. The summed E-state index contributed by atoms with van der Waals surface area (Å²) in [6, 6.07) is 12.5. The number of ether oxygens (including phenoxy) is 2. The first-order chi connectivity index (χ1) is 24.6. The number of phenols is 7. The summed E-state index contributed by atoms with van der Waals surface area (Å²) < 4.78 is 12.3. The van der Waals surface area contributed by atoms with Gasteiger partial charge in [0.15, 0.2) is 5.78 Å². The second-order valence-electron chi connectivity index (χ2n) is 13.9. The second kappa shape index (κ2) is 12.0. The van der Waals surface area contributed by atoms with E-state index < -0.39 is 63.5 Å². The molecule has 268 valence electrons. The van der Waals surface area contributed by atoms with E-state index in [1.54, 1.807) is 19.1 Å². The number of rotatable bonds is 6. The molecule has 0 radical (unpaired) electrons. The van der Waals surface area contributed by atoms with E-state index in [0.717, 1.165) is 23.8 Å². The molecule has 2 heterocycles. The highest BCUT2D eigenvalue weighted by Crippen LogP contribution is 2.61. The van der Waals surface area contributed by atoms with E-state index in [0.29, 0.717) is 5.57 Å². The number of phenolic OH excluding ortho intramolecular Hbond substituents is 7. The van der Waals surface area contributed by atoms with E-state index in [1.807, 2.05) is 13.8 Å². The summed E-state index contributed by atoms with van der Waals surface area (Å²) in [6.07, 6.45) is 3.48. The lowest BCUT2D eigenvalue weighted by atomic mass is 9.65. The van der Waals surface area contributed by atoms with Crippen molar-refractivity contribution < 1.29 is 59.9 Å². The van der Waals surface area contributed by atoms with Gasteiger partial charge in [-0.25, -0.2) is 0 Å². The molecule has 12 heteroatoms. The summed E-state index contributed by atoms with van der Waals surface area (Å²) in [4.78, 5) is 29.1. The Morgan fingerprint density at radius 2 is 1.48 bits per heavy atom. The van der Waals surface area contributed by atoms with Gasteiger partial charge >= 0.3 is 5.79 Å². The Balaban J connectivity index is 1.43. The van der Waals surface area contributed by atoms with Gasteiger partial charge in [0, 0.05) is 59.6 Å². The van der Waals surface area contributed by atoms with Crippen LogP contribution < -0.4 is 9.47 Å². The lowest BCUT2D eigenvalue weighted by molar-refractivity contribution is -0.201. The number of carbonyl (C=O) groups excluding carboxylic acids is 2. The highest BCUT2D eigenvalue weighted by atomic mass is 16.7. The Morgan fingerprint density at radius 1 is 0.827 bits per heavy atom. The largest absolute Gasteiger partial charge is 0.508 e. The van der Waals surface area contributed by atoms with Crippen LogP contribution in [0.2, 0.25) is 0 Å². The number of aromatic hydroxyl groups is 7. The van der Waals surface area contributed by atoms with Crippen molar-refractivity contribution >= 4 is 11.6 Å². The third-order valence-corrected chi connectivity index (χ3v) is 10.2. The standard InChI is InChI=1S/C40H36O12/c1-18(2)10-11-39-27-9-6-22(43)16-31(27)52-40(39,50)38(49)35-32(51-39)17-30(46)34(37(35)48)26-13-19(3)12-25(23-7-4-20(41)14-28(23)44)33(26)36(47)24-8-5-21(42)15-29(24)45/h4-10,13-17,25-26,33,41-46,48,50H,11-12H2,1-3H3/t25-,26-,33-,39+,40-/m1/s1. The number of allylic oxidation sites excluding steroid dienone is 3. The molecular formula is C40H36O12. The molecule has 0 bridgehead atoms. The maximum Gasteiger partial charge on any atom is 0.318 e. The number of hydrogen-bond donors (Lipinski definition) is 8. The molecule has 2 aliphatic heterocycles. The molecule has 1 aliphatic carbocycles. The Labute approximate surface area is 297 Å². The van der Waals surface area contributed by atoms with Gasteiger partial charge in [0.2, 0.25) is 11.4 Å². The Morgan fingerprint density at radius 3 is 2.15 bits per heavy atom. The highest BCUT2D eigenvalue weighted by molar-refractivity contribution is 6.09. The molecule has 4 aromatic rings. The lowest BCUT2D eigenvalue weighted by Gasteiger charge is -2.43. The van der Waals surface area contributed by atoms with Crippen LogP contribution in [-0.2, 0) is 5.60 Å². The molecule has 0 saturated carbocycles. The highest BCUT2D eigenvalue weighted by Gasteiger charge is 2.70. The van der Waals surface area contributed by atoms with Crippen molar-refractivity contribution in [2.24, 2.45) is 5.92 Å². The van der Waals surface area contributed by atoms with Crippen molar-refractivity contribution in [1.29, 1.82) is 0 Å². The molecule has 0 fully saturated rings. The minimum atomic E-state index is -2.75. The minimum absolute atomic E-state index is 0.0310. The monoisotopic (exact) mass is 708 g/mol. The van der Waals surface area contributed by atoms with Gasteiger partial charge in [0.1, 0.15) is 57.3 Å². The van der Waals surface area contributed by atoms with Crippen LogP contribution in [0.1, 0.15) is 82.9 Å². The quantitative estimate of drug-likeness (QED) is 0.0824. The molecule has 0 unspecified atom stereocenters. The molecule has 7 rings (SSSR count). The van der Waals surface area contributed by atoms with Gasteiger partial charge in [0.05, 0.1) is 5.56 Å². The van der Waals surface area contributed by atoms with E-state index >= 15 is 0 Å². The molecule has 3 aliphatic rings. The van der Waals surface area contributed by atoms with Crippen molar-refractivity contribution in [3.05, 3.63) is 112 Å². The first kappa shape index (κ1) is 34.3. The van der Waals surface area contributed by atoms with E-state index in [-0.39, 0.29) is 69.6 Å². The zero-order chi connectivity index (χ0) is 37.4. The fraction of sp³-hybridized carbons (Fsp3) is 0.250. The number of carbonyl (C=O) groups is 2. The van der Waals surface area contributed by atoms with Gasteiger partial charge in [-0.2, -0.15) is 0 Å². The van der Waals surface area contributed by atoms with Crippen molar-refractivity contribution in [2.45, 2.75) is 56.8 Å². The van der Waals surface area contributed by atoms with Crippen LogP contribution in [0, 0.1) is 5.92 Å². The summed E-state index contributed by atoms with van der Waals surface area (Å²) >= 11 is 0.